The van der Waals surface area contributed by atoms with Gasteiger partial charge in [0.1, 0.15) is 6.07 Å². The zero-order valence-electron chi connectivity index (χ0n) is 10.5. The number of benzene rings is 1. The van der Waals surface area contributed by atoms with E-state index in [-0.39, 0.29) is 5.41 Å². The molecule has 92 valence electrons. The monoisotopic (exact) mass is 242 g/mol. The Balaban J connectivity index is 2.64. The molecule has 0 atom stereocenters. The number of nitrogens with two attached hydrogens (primary N) is 1. The smallest absolute Gasteiger partial charge is 0.162 e. The third-order valence-corrected chi connectivity index (χ3v) is 2.51. The molecule has 0 saturated carbocycles. The van der Waals surface area contributed by atoms with Gasteiger partial charge in [-0.2, -0.15) is 9.94 Å². The third-order valence-electron chi connectivity index (χ3n) is 2.51. The molecule has 1 aromatic carbocycles. The predicted octanol–water partition coefficient (Wildman–Crippen LogP) is 1.41. The van der Waals surface area contributed by atoms with E-state index in [1.54, 1.807) is 22.9 Å². The van der Waals surface area contributed by atoms with Crippen molar-refractivity contribution in [2.24, 2.45) is 0 Å². The number of nitrogen functional groups attached to an aromatic ring is 1. The Labute approximate surface area is 105 Å². The maximum Gasteiger partial charge on any atom is 0.162 e. The summed E-state index contributed by atoms with van der Waals surface area (Å²) in [5, 5.41) is 20.8. The molecule has 0 aliphatic heterocycles. The van der Waals surface area contributed by atoms with Crippen molar-refractivity contribution in [3.8, 4) is 11.8 Å². The minimum atomic E-state index is -0.211. The lowest BCUT2D eigenvalue weighted by atomic mass is 9.95. The van der Waals surface area contributed by atoms with Gasteiger partial charge in [-0.3, -0.25) is 0 Å². The summed E-state index contributed by atoms with van der Waals surface area (Å²) in [5.41, 5.74) is 7.09. The Bertz CT molecular complexity index is 614. The minimum Gasteiger partial charge on any atom is -0.399 e. The fraction of sp³-hybridized carbons (Fsp3) is 0.333. The van der Waals surface area contributed by atoms with Gasteiger partial charge in [0.05, 0.1) is 11.3 Å². The quantitative estimate of drug-likeness (QED) is 0.763. The maximum atomic E-state index is 9.15. The molecule has 1 heterocycles. The lowest BCUT2D eigenvalue weighted by Gasteiger charge is -2.17. The Morgan fingerprint density at radius 3 is 2.67 bits per heavy atom. The van der Waals surface area contributed by atoms with Gasteiger partial charge in [0.2, 0.25) is 0 Å². The van der Waals surface area contributed by atoms with Crippen LogP contribution in [-0.2, 0) is 5.41 Å². The van der Waals surface area contributed by atoms with Crippen molar-refractivity contribution in [2.45, 2.75) is 26.2 Å². The van der Waals surface area contributed by atoms with E-state index in [0.29, 0.717) is 22.8 Å². The van der Waals surface area contributed by atoms with Crippen molar-refractivity contribution in [1.29, 1.82) is 5.26 Å². The highest BCUT2D eigenvalue weighted by atomic mass is 15.5. The number of nitrogens with zero attached hydrogens (tertiary/aromatic N) is 5. The summed E-state index contributed by atoms with van der Waals surface area (Å²) < 4.78 is 1.58. The lowest BCUT2D eigenvalue weighted by molar-refractivity contribution is 0.525. The van der Waals surface area contributed by atoms with E-state index in [9.17, 15) is 0 Å². The van der Waals surface area contributed by atoms with Crippen LogP contribution in [0.4, 0.5) is 5.69 Å². The van der Waals surface area contributed by atoms with Crippen LogP contribution in [0, 0.1) is 11.3 Å². The van der Waals surface area contributed by atoms with Gasteiger partial charge in [0, 0.05) is 11.1 Å². The number of nitriles is 1. The van der Waals surface area contributed by atoms with Gasteiger partial charge >= 0.3 is 0 Å². The Morgan fingerprint density at radius 1 is 1.33 bits per heavy atom. The second-order valence-electron chi connectivity index (χ2n) is 5.05. The van der Waals surface area contributed by atoms with Crippen LogP contribution in [0.5, 0.6) is 0 Å². The molecule has 0 fully saturated rings. The number of anilines is 1. The number of hydrogen-bond donors (Lipinski definition) is 1. The van der Waals surface area contributed by atoms with Gasteiger partial charge in [0.25, 0.3) is 0 Å². The van der Waals surface area contributed by atoms with E-state index in [2.05, 4.69) is 21.6 Å². The molecular weight excluding hydrogens is 228 g/mol. The van der Waals surface area contributed by atoms with Gasteiger partial charge in [0.15, 0.2) is 5.82 Å². The van der Waals surface area contributed by atoms with Crippen molar-refractivity contribution in [3.05, 3.63) is 29.6 Å². The summed E-state index contributed by atoms with van der Waals surface area (Å²) in [6.45, 7) is 6.04. The second kappa shape index (κ2) is 4.11. The summed E-state index contributed by atoms with van der Waals surface area (Å²) in [4.78, 5) is 0. The van der Waals surface area contributed by atoms with Gasteiger partial charge in [-0.25, -0.2) is 0 Å². The predicted molar refractivity (Wildman–Crippen MR) is 67.0 cm³/mol. The van der Waals surface area contributed by atoms with Crippen molar-refractivity contribution in [2.75, 3.05) is 5.73 Å². The largest absolute Gasteiger partial charge is 0.399 e. The normalized spacial score (nSPS) is 11.2. The summed E-state index contributed by atoms with van der Waals surface area (Å²) >= 11 is 0. The van der Waals surface area contributed by atoms with Crippen molar-refractivity contribution >= 4 is 5.69 Å². The van der Waals surface area contributed by atoms with Crippen LogP contribution >= 0.6 is 0 Å². The number of hydrogen-bond acceptors (Lipinski definition) is 5. The minimum absolute atomic E-state index is 0.211. The van der Waals surface area contributed by atoms with E-state index >= 15 is 0 Å². The van der Waals surface area contributed by atoms with Gasteiger partial charge < -0.3 is 5.73 Å². The van der Waals surface area contributed by atoms with Gasteiger partial charge in [-0.05, 0) is 28.6 Å². The molecule has 0 unspecified atom stereocenters. The first-order valence-corrected chi connectivity index (χ1v) is 5.52. The van der Waals surface area contributed by atoms with E-state index in [4.69, 9.17) is 11.0 Å². The molecule has 0 amide bonds. The van der Waals surface area contributed by atoms with Crippen LogP contribution < -0.4 is 5.73 Å². The third kappa shape index (κ3) is 2.02. The maximum absolute atomic E-state index is 9.15. The molecule has 0 aliphatic carbocycles. The number of rotatable bonds is 1. The van der Waals surface area contributed by atoms with Crippen LogP contribution in [0.3, 0.4) is 0 Å². The molecule has 0 saturated heterocycles. The molecule has 0 aliphatic rings. The van der Waals surface area contributed by atoms with Crippen LogP contribution in [0.25, 0.3) is 5.69 Å². The zero-order chi connectivity index (χ0) is 13.3. The van der Waals surface area contributed by atoms with Gasteiger partial charge in [-0.1, -0.05) is 20.8 Å². The number of aromatic nitrogens is 4. The summed E-state index contributed by atoms with van der Waals surface area (Å²) in [6, 6.07) is 7.20. The van der Waals surface area contributed by atoms with Crippen LogP contribution in [-0.4, -0.2) is 20.2 Å². The van der Waals surface area contributed by atoms with E-state index < -0.39 is 0 Å². The second-order valence-corrected chi connectivity index (χ2v) is 5.05. The van der Waals surface area contributed by atoms with Crippen molar-refractivity contribution in [1.82, 2.24) is 20.2 Å². The van der Waals surface area contributed by atoms with E-state index in [1.807, 2.05) is 20.8 Å². The summed E-state index contributed by atoms with van der Waals surface area (Å²) in [6.07, 6.45) is 0. The SMILES string of the molecule is CC(C)(C)c1nnnn1-c1ccc(N)cc1C#N. The lowest BCUT2D eigenvalue weighted by Crippen LogP contribution is -2.19. The van der Waals surface area contributed by atoms with Crippen LogP contribution in [0.1, 0.15) is 32.2 Å². The van der Waals surface area contributed by atoms with Crippen molar-refractivity contribution < 1.29 is 0 Å². The topological polar surface area (TPSA) is 93.4 Å². The molecule has 6 heteroatoms. The Kier molecular flexibility index (Phi) is 2.75. The summed E-state index contributed by atoms with van der Waals surface area (Å²) in [5.74, 6) is 0.698. The molecule has 0 radical (unpaired) electrons. The fourth-order valence-corrected chi connectivity index (χ4v) is 1.64. The fourth-order valence-electron chi connectivity index (χ4n) is 1.64. The van der Waals surface area contributed by atoms with Crippen LogP contribution in [0.2, 0.25) is 0 Å². The average molecular weight is 242 g/mol. The molecule has 0 bridgehead atoms. The molecular formula is C12H14N6. The molecule has 2 aromatic rings. The summed E-state index contributed by atoms with van der Waals surface area (Å²) in [7, 11) is 0. The first-order valence-electron chi connectivity index (χ1n) is 5.52. The van der Waals surface area contributed by atoms with E-state index in [0.717, 1.165) is 0 Å². The van der Waals surface area contributed by atoms with Gasteiger partial charge in [-0.15, -0.1) is 5.10 Å². The standard InChI is InChI=1S/C12H14N6/c1-12(2,3)11-15-16-17-18(11)10-5-4-9(14)6-8(10)7-13/h4-6H,14H2,1-3H3. The molecule has 1 aromatic heterocycles. The molecule has 18 heavy (non-hydrogen) atoms. The van der Waals surface area contributed by atoms with Crippen molar-refractivity contribution in [3.63, 3.8) is 0 Å². The van der Waals surface area contributed by atoms with E-state index in [1.165, 1.54) is 0 Å². The highest BCUT2D eigenvalue weighted by molar-refractivity contribution is 5.56. The van der Waals surface area contributed by atoms with Crippen LogP contribution in [0.15, 0.2) is 18.2 Å². The zero-order valence-corrected chi connectivity index (χ0v) is 10.5. The molecule has 0 spiro atoms. The average Bonchev–Trinajstić information content (AvgIpc) is 2.77. The highest BCUT2D eigenvalue weighted by Crippen LogP contribution is 2.24. The highest BCUT2D eigenvalue weighted by Gasteiger charge is 2.23. The molecule has 2 N–H and O–H groups in total. The first kappa shape index (κ1) is 12.0. The Hall–Kier alpha value is -2.42. The number of tetrazole rings is 1. The Morgan fingerprint density at radius 2 is 2.06 bits per heavy atom. The molecule has 6 nitrogen and oxygen atoms in total. The first-order chi connectivity index (χ1) is 8.43. The molecule has 2 rings (SSSR count).